The molecular weight excluding hydrogens is 879 g/mol. The molecule has 0 aliphatic rings. The van der Waals surface area contributed by atoms with E-state index in [1.807, 2.05) is 11.3 Å². The Kier molecular flexibility index (Phi) is 16.4. The first-order valence-electron chi connectivity index (χ1n) is 20.1. The maximum atomic E-state index is 6.30. The number of unbranched alkanes of at least 4 members (excludes halogenated alkanes) is 2. The van der Waals surface area contributed by atoms with Crippen LogP contribution < -0.4 is 14.4 Å². The number of nitrogens with zero attached hydrogens (tertiary/aromatic N) is 1. The van der Waals surface area contributed by atoms with E-state index in [0.717, 1.165) is 67.8 Å². The molecule has 0 fully saturated rings. The van der Waals surface area contributed by atoms with Crippen LogP contribution in [0.25, 0.3) is 31.7 Å². The van der Waals surface area contributed by atoms with Crippen LogP contribution in [-0.2, 0) is 0 Å². The number of benzene rings is 3. The van der Waals surface area contributed by atoms with E-state index in [1.165, 1.54) is 63.6 Å². The van der Waals surface area contributed by atoms with Gasteiger partial charge in [0.25, 0.3) is 0 Å². The minimum Gasteiger partial charge on any atom is -0.493 e. The van der Waals surface area contributed by atoms with Crippen LogP contribution in [0.2, 0.25) is 0 Å². The van der Waals surface area contributed by atoms with Gasteiger partial charge in [0.15, 0.2) is 0 Å². The fourth-order valence-electron chi connectivity index (χ4n) is 6.70. The van der Waals surface area contributed by atoms with E-state index in [9.17, 15) is 0 Å². The minimum absolute atomic E-state index is 0.591. The standard InChI is InChI=1S/C48H53Br2NO2S3/c1-5-9-11-34(7-3)32-52-41-23-19-39(20-24-41)51(40-21-25-42(26-22-40)53-33-35(8-4)12-10-6-2)38-17-14-36(15-18-38)13-16-37-31-45(43-27-29-46(49)54-43)56-48(37)44-28-30-47(50)55-44/h13-31,34-35H,5-12,32-33H2,1-4H3/b16-13+. The van der Waals surface area contributed by atoms with E-state index in [1.54, 1.807) is 22.7 Å². The molecule has 6 aromatic rings. The Labute approximate surface area is 363 Å². The summed E-state index contributed by atoms with van der Waals surface area (Å²) in [6.45, 7) is 10.6. The zero-order chi connectivity index (χ0) is 39.3. The van der Waals surface area contributed by atoms with Crippen molar-refractivity contribution in [3.63, 3.8) is 0 Å². The number of anilines is 3. The number of ether oxygens (including phenoxy) is 2. The Hall–Kier alpha value is -3.14. The molecule has 3 heterocycles. The molecule has 2 unspecified atom stereocenters. The predicted molar refractivity (Wildman–Crippen MR) is 254 cm³/mol. The van der Waals surface area contributed by atoms with Crippen LogP contribution >= 0.6 is 65.9 Å². The number of rotatable bonds is 21. The molecule has 8 heteroatoms. The van der Waals surface area contributed by atoms with Crippen LogP contribution in [0.3, 0.4) is 0 Å². The maximum Gasteiger partial charge on any atom is 0.119 e. The highest BCUT2D eigenvalue weighted by Crippen LogP contribution is 2.45. The van der Waals surface area contributed by atoms with Crippen LogP contribution in [0.1, 0.15) is 90.2 Å². The molecule has 56 heavy (non-hydrogen) atoms. The Morgan fingerprint density at radius 3 is 1.48 bits per heavy atom. The van der Waals surface area contributed by atoms with Crippen LogP contribution in [-0.4, -0.2) is 13.2 Å². The lowest BCUT2D eigenvalue weighted by Crippen LogP contribution is -2.12. The van der Waals surface area contributed by atoms with Crippen molar-refractivity contribution in [3.8, 4) is 31.0 Å². The van der Waals surface area contributed by atoms with Crippen molar-refractivity contribution in [2.75, 3.05) is 18.1 Å². The number of thiophene rings is 3. The van der Waals surface area contributed by atoms with Crippen LogP contribution in [0.4, 0.5) is 17.1 Å². The van der Waals surface area contributed by atoms with Crippen LogP contribution in [0.15, 0.2) is 111 Å². The van der Waals surface area contributed by atoms with E-state index in [2.05, 4.69) is 180 Å². The fourth-order valence-corrected chi connectivity index (χ4v) is 10.8. The summed E-state index contributed by atoms with van der Waals surface area (Å²) < 4.78 is 14.9. The third-order valence-electron chi connectivity index (χ3n) is 10.2. The number of hydrogen-bond donors (Lipinski definition) is 0. The summed E-state index contributed by atoms with van der Waals surface area (Å²) in [5.74, 6) is 3.01. The quantitative estimate of drug-likeness (QED) is 0.0718. The molecule has 3 nitrogen and oxygen atoms in total. The summed E-state index contributed by atoms with van der Waals surface area (Å²) in [5, 5.41) is 0. The van der Waals surface area contributed by atoms with Crippen molar-refractivity contribution in [1.82, 2.24) is 0 Å². The summed E-state index contributed by atoms with van der Waals surface area (Å²) >= 11 is 12.7. The average Bonchev–Trinajstić information content (AvgIpc) is 3.98. The largest absolute Gasteiger partial charge is 0.493 e. The summed E-state index contributed by atoms with van der Waals surface area (Å²) in [4.78, 5) is 7.42. The Balaban J connectivity index is 1.24. The van der Waals surface area contributed by atoms with Gasteiger partial charge < -0.3 is 14.4 Å². The van der Waals surface area contributed by atoms with Gasteiger partial charge in [-0.25, -0.2) is 0 Å². The van der Waals surface area contributed by atoms with Crippen molar-refractivity contribution in [1.29, 1.82) is 0 Å². The van der Waals surface area contributed by atoms with Gasteiger partial charge in [-0.2, -0.15) is 0 Å². The normalized spacial score (nSPS) is 12.6. The molecule has 2 atom stereocenters. The van der Waals surface area contributed by atoms with Gasteiger partial charge >= 0.3 is 0 Å². The van der Waals surface area contributed by atoms with E-state index < -0.39 is 0 Å². The van der Waals surface area contributed by atoms with E-state index in [0.29, 0.717) is 11.8 Å². The Morgan fingerprint density at radius 2 is 1.04 bits per heavy atom. The van der Waals surface area contributed by atoms with Gasteiger partial charge in [0.2, 0.25) is 0 Å². The maximum absolute atomic E-state index is 6.30. The molecule has 0 saturated heterocycles. The summed E-state index contributed by atoms with van der Waals surface area (Å²) in [5.41, 5.74) is 5.62. The first-order chi connectivity index (χ1) is 27.4. The van der Waals surface area contributed by atoms with Crippen molar-refractivity contribution >= 4 is 95.1 Å². The van der Waals surface area contributed by atoms with E-state index in [-0.39, 0.29) is 0 Å². The SMILES string of the molecule is CCCCC(CC)COc1ccc(N(c2ccc(/C=C/c3cc(-c4ccc(Br)s4)sc3-c3ccc(Br)s3)cc2)c2ccc(OCC(CC)CCCC)cc2)cc1. The lowest BCUT2D eigenvalue weighted by molar-refractivity contribution is 0.233. The highest BCUT2D eigenvalue weighted by molar-refractivity contribution is 9.11. The van der Waals surface area contributed by atoms with E-state index in [4.69, 9.17) is 9.47 Å². The van der Waals surface area contributed by atoms with E-state index >= 15 is 0 Å². The molecule has 0 bridgehead atoms. The van der Waals surface area contributed by atoms with Gasteiger partial charge in [-0.15, -0.1) is 34.0 Å². The zero-order valence-corrected chi connectivity index (χ0v) is 38.6. The van der Waals surface area contributed by atoms with Crippen molar-refractivity contribution in [2.24, 2.45) is 11.8 Å². The van der Waals surface area contributed by atoms with Gasteiger partial charge in [-0.1, -0.05) is 90.5 Å². The molecular formula is C48H53Br2NO2S3. The molecule has 3 aromatic heterocycles. The van der Waals surface area contributed by atoms with Gasteiger partial charge in [0, 0.05) is 31.7 Å². The lowest BCUT2D eigenvalue weighted by atomic mass is 10.0. The number of halogens is 2. The molecule has 0 amide bonds. The van der Waals surface area contributed by atoms with Crippen LogP contribution in [0, 0.1) is 11.8 Å². The fraction of sp³-hybridized carbons (Fsp3) is 0.333. The smallest absolute Gasteiger partial charge is 0.119 e. The monoisotopic (exact) mass is 929 g/mol. The highest BCUT2D eigenvalue weighted by atomic mass is 79.9. The first kappa shape index (κ1) is 42.5. The van der Waals surface area contributed by atoms with Gasteiger partial charge in [0.05, 0.1) is 25.7 Å². The minimum atomic E-state index is 0.591. The average molecular weight is 932 g/mol. The van der Waals surface area contributed by atoms with Gasteiger partial charge in [-0.3, -0.25) is 0 Å². The number of hydrogen-bond acceptors (Lipinski definition) is 6. The first-order valence-corrected chi connectivity index (χ1v) is 24.1. The molecule has 0 N–H and O–H groups in total. The lowest BCUT2D eigenvalue weighted by Gasteiger charge is -2.26. The molecule has 0 saturated carbocycles. The highest BCUT2D eigenvalue weighted by Gasteiger charge is 2.16. The second-order valence-electron chi connectivity index (χ2n) is 14.3. The Bertz CT molecular complexity index is 2030. The molecule has 0 aliphatic carbocycles. The summed E-state index contributed by atoms with van der Waals surface area (Å²) in [7, 11) is 0. The van der Waals surface area contributed by atoms with Crippen LogP contribution in [0.5, 0.6) is 11.5 Å². The molecule has 0 radical (unpaired) electrons. The van der Waals surface area contributed by atoms with Crippen molar-refractivity contribution in [3.05, 3.63) is 122 Å². The third-order valence-corrected chi connectivity index (χ3v) is 15.0. The molecule has 0 spiro atoms. The second-order valence-corrected chi connectivity index (χ2v) is 20.3. The second kappa shape index (κ2) is 21.6. The molecule has 294 valence electrons. The summed E-state index contributed by atoms with van der Waals surface area (Å²) in [6.07, 6.45) is 14.2. The third kappa shape index (κ3) is 11.7. The Morgan fingerprint density at radius 1 is 0.554 bits per heavy atom. The zero-order valence-electron chi connectivity index (χ0n) is 32.9. The topological polar surface area (TPSA) is 21.7 Å². The van der Waals surface area contributed by atoms with Crippen molar-refractivity contribution < 1.29 is 9.47 Å². The van der Waals surface area contributed by atoms with Crippen molar-refractivity contribution in [2.45, 2.75) is 79.1 Å². The van der Waals surface area contributed by atoms with Gasteiger partial charge in [0.1, 0.15) is 11.5 Å². The molecule has 0 aliphatic heterocycles. The molecule has 6 rings (SSSR count). The van der Waals surface area contributed by atoms with Gasteiger partial charge in [-0.05, 0) is 159 Å². The molecule has 3 aromatic carbocycles. The summed E-state index contributed by atoms with van der Waals surface area (Å²) in [6, 6.07) is 37.0. The predicted octanol–water partition coefficient (Wildman–Crippen LogP) is 17.6.